The largest absolute Gasteiger partial charge is 0.479 e. The van der Waals surface area contributed by atoms with Gasteiger partial charge < -0.3 is 9.64 Å². The topological polar surface area (TPSA) is 67.7 Å². The molecule has 0 amide bonds. The molecule has 6 nitrogen and oxygen atoms in total. The molecule has 0 N–H and O–H groups in total. The van der Waals surface area contributed by atoms with Crippen LogP contribution in [0.4, 0.5) is 5.69 Å². The number of hydrogen-bond donors (Lipinski definition) is 1. The number of rotatable bonds is 5. The van der Waals surface area contributed by atoms with Crippen molar-refractivity contribution in [3.63, 3.8) is 0 Å². The van der Waals surface area contributed by atoms with E-state index in [1.165, 1.54) is 18.5 Å². The average molecular weight is 360 g/mol. The van der Waals surface area contributed by atoms with Crippen molar-refractivity contribution in [3.05, 3.63) is 24.5 Å². The molecule has 2 aromatic rings. The Morgan fingerprint density at radius 1 is 1.32 bits per heavy atom. The van der Waals surface area contributed by atoms with Crippen LogP contribution < -0.4 is 9.64 Å². The van der Waals surface area contributed by atoms with Crippen molar-refractivity contribution in [2.24, 2.45) is 15.7 Å². The molecule has 1 atom stereocenters. The van der Waals surface area contributed by atoms with Crippen molar-refractivity contribution < 1.29 is 8.95 Å². The Morgan fingerprint density at radius 3 is 2.80 bits per heavy atom. The molecule has 2 aromatic heterocycles. The van der Waals surface area contributed by atoms with Gasteiger partial charge in [0.25, 0.3) is 0 Å². The molecule has 1 aliphatic heterocycles. The predicted octanol–water partition coefficient (Wildman–Crippen LogP) is 2.54. The van der Waals surface area contributed by atoms with Gasteiger partial charge in [-0.1, -0.05) is 0 Å². The minimum absolute atomic E-state index is 0.465. The predicted molar refractivity (Wildman–Crippen MR) is 101 cm³/mol. The second-order valence-electron chi connectivity index (χ2n) is 7.24. The highest BCUT2D eigenvalue weighted by Crippen LogP contribution is 2.54. The number of aromatic nitrogens is 2. The summed E-state index contributed by atoms with van der Waals surface area (Å²) in [4.78, 5) is 11.1. The van der Waals surface area contributed by atoms with Crippen LogP contribution in [0, 0.1) is 11.3 Å². The fourth-order valence-electron chi connectivity index (χ4n) is 4.42. The molecule has 1 aliphatic carbocycles. The first-order chi connectivity index (χ1) is 12.1. The lowest BCUT2D eigenvalue weighted by Crippen LogP contribution is -2.62. The number of pyridine rings is 2. The lowest BCUT2D eigenvalue weighted by Gasteiger charge is -2.60. The lowest BCUT2D eigenvalue weighted by atomic mass is 9.57. The van der Waals surface area contributed by atoms with Gasteiger partial charge in [0.2, 0.25) is 5.88 Å². The fraction of sp³-hybridized carbons (Fsp3) is 0.556. The second-order valence-corrected chi connectivity index (χ2v) is 8.79. The summed E-state index contributed by atoms with van der Waals surface area (Å²) in [6.07, 6.45) is 7.17. The van der Waals surface area contributed by atoms with E-state index >= 15 is 0 Å². The fourth-order valence-corrected chi connectivity index (χ4v) is 5.20. The zero-order valence-corrected chi connectivity index (χ0v) is 15.6. The van der Waals surface area contributed by atoms with Gasteiger partial charge in [0.05, 0.1) is 7.11 Å². The molecule has 3 heterocycles. The summed E-state index contributed by atoms with van der Waals surface area (Å²) in [6.45, 7) is 2.19. The minimum atomic E-state index is -1.33. The van der Waals surface area contributed by atoms with Gasteiger partial charge in [0.1, 0.15) is 5.52 Å². The van der Waals surface area contributed by atoms with Crippen molar-refractivity contribution in [2.75, 3.05) is 37.9 Å². The van der Waals surface area contributed by atoms with Gasteiger partial charge in [-0.05, 0) is 37.3 Å². The lowest BCUT2D eigenvalue weighted by molar-refractivity contribution is 0.0226. The number of ether oxygens (including phenoxy) is 1. The maximum Gasteiger partial charge on any atom is 0.240 e. The van der Waals surface area contributed by atoms with Crippen molar-refractivity contribution in [3.8, 4) is 5.88 Å². The van der Waals surface area contributed by atoms with Crippen molar-refractivity contribution >= 4 is 27.2 Å². The highest BCUT2D eigenvalue weighted by molar-refractivity contribution is 7.74. The molecule has 25 heavy (non-hydrogen) atoms. The smallest absolute Gasteiger partial charge is 0.240 e. The third kappa shape index (κ3) is 2.94. The van der Waals surface area contributed by atoms with Crippen LogP contribution in [0.25, 0.3) is 10.9 Å². The molecule has 134 valence electrons. The van der Waals surface area contributed by atoms with Crippen LogP contribution in [0.3, 0.4) is 0 Å². The highest BCUT2D eigenvalue weighted by atomic mass is 32.2. The molecule has 2 fully saturated rings. The normalized spacial score (nSPS) is 20.5. The van der Waals surface area contributed by atoms with Crippen molar-refractivity contribution in [1.29, 1.82) is 0 Å². The van der Waals surface area contributed by atoms with E-state index in [4.69, 9.17) is 4.74 Å². The Bertz CT molecular complexity index is 865. The minimum Gasteiger partial charge on any atom is -0.479 e. The van der Waals surface area contributed by atoms with Gasteiger partial charge in [-0.15, -0.1) is 0 Å². The Hall–Kier alpha value is -1.89. The summed E-state index contributed by atoms with van der Waals surface area (Å²) in [5.74, 6) is 2.05. The van der Waals surface area contributed by atoms with Gasteiger partial charge in [0.15, 0.2) is 0 Å². The average Bonchev–Trinajstić information content (AvgIpc) is 2.58. The zero-order valence-electron chi connectivity index (χ0n) is 14.7. The van der Waals surface area contributed by atoms with E-state index < -0.39 is 10.6 Å². The Labute approximate surface area is 149 Å². The van der Waals surface area contributed by atoms with Crippen molar-refractivity contribution in [2.45, 2.75) is 19.3 Å². The molecule has 1 spiro atoms. The Balaban J connectivity index is 1.42. The maximum absolute atomic E-state index is 11.5. The van der Waals surface area contributed by atoms with E-state index in [1.807, 2.05) is 12.3 Å². The van der Waals surface area contributed by atoms with Crippen LogP contribution >= 0.6 is 0 Å². The molecule has 1 unspecified atom stereocenters. The number of fused-ring (bicyclic) bond motifs is 1. The zero-order chi connectivity index (χ0) is 17.4. The van der Waals surface area contributed by atoms with Crippen LogP contribution in [0.1, 0.15) is 19.3 Å². The number of thiol groups is 1. The van der Waals surface area contributed by atoms with Crippen LogP contribution in [0.2, 0.25) is 0 Å². The van der Waals surface area contributed by atoms with Gasteiger partial charge in [-0.25, -0.2) is 9.35 Å². The summed E-state index contributed by atoms with van der Waals surface area (Å²) in [6, 6.07) is 4.09. The molecule has 0 radical (unpaired) electrons. The Morgan fingerprint density at radius 2 is 2.08 bits per heavy atom. The van der Waals surface area contributed by atoms with Crippen molar-refractivity contribution in [1.82, 2.24) is 9.97 Å². The number of methoxy groups -OCH3 is 1. The van der Waals surface area contributed by atoms with E-state index in [9.17, 15) is 4.21 Å². The molecular formula is C18H24N4O2S. The first kappa shape index (κ1) is 16.6. The van der Waals surface area contributed by atoms with Crippen LogP contribution in [0.5, 0.6) is 5.88 Å². The standard InChI is InChI=1S/C18H24N4O2S/c1-19-25(23)8-5-13-9-18(10-13)11-22(12-18)15-4-7-20-16-14(15)3-6-21-17(16)24-2/h3-4,6-7,13,25H,5,8-12H2,1-2H3. The summed E-state index contributed by atoms with van der Waals surface area (Å²) >= 11 is 0. The number of nitrogens with zero attached hydrogens (tertiary/aromatic N) is 4. The number of hydrogen-bond acceptors (Lipinski definition) is 6. The van der Waals surface area contributed by atoms with E-state index in [-0.39, 0.29) is 0 Å². The van der Waals surface area contributed by atoms with Gasteiger partial charge in [-0.3, -0.25) is 9.19 Å². The van der Waals surface area contributed by atoms with E-state index in [1.54, 1.807) is 20.4 Å². The van der Waals surface area contributed by atoms with Gasteiger partial charge >= 0.3 is 0 Å². The van der Waals surface area contributed by atoms with E-state index in [0.29, 0.717) is 11.3 Å². The monoisotopic (exact) mass is 360 g/mol. The SMILES string of the molecule is C/N=[SH](=O)/CCC1CC2(C1)CN(c1ccnc3c(OC)nccc13)C2. The quantitative estimate of drug-likeness (QED) is 0.830. The molecule has 0 bridgehead atoms. The molecule has 2 aliphatic rings. The van der Waals surface area contributed by atoms with E-state index in [0.717, 1.165) is 42.1 Å². The summed E-state index contributed by atoms with van der Waals surface area (Å²) in [7, 11) is 1.95. The molecular weight excluding hydrogens is 336 g/mol. The third-order valence-corrected chi connectivity index (χ3v) is 6.67. The second kappa shape index (κ2) is 6.44. The molecule has 1 saturated carbocycles. The summed E-state index contributed by atoms with van der Waals surface area (Å²) < 4.78 is 20.7. The van der Waals surface area contributed by atoms with Crippen LogP contribution in [-0.2, 0) is 10.6 Å². The molecule has 4 rings (SSSR count). The molecule has 7 heteroatoms. The maximum atomic E-state index is 11.5. The van der Waals surface area contributed by atoms with Gasteiger partial charge in [0, 0.05) is 65.4 Å². The first-order valence-electron chi connectivity index (χ1n) is 8.71. The van der Waals surface area contributed by atoms with Crippen LogP contribution in [0.15, 0.2) is 28.9 Å². The Kier molecular flexibility index (Phi) is 4.27. The molecule has 0 aromatic carbocycles. The summed E-state index contributed by atoms with van der Waals surface area (Å²) in [5, 5.41) is 1.10. The number of anilines is 1. The summed E-state index contributed by atoms with van der Waals surface area (Å²) in [5.41, 5.74) is 2.50. The third-order valence-electron chi connectivity index (χ3n) is 5.58. The first-order valence-corrected chi connectivity index (χ1v) is 10.1. The molecule has 1 saturated heterocycles. The highest BCUT2D eigenvalue weighted by Gasteiger charge is 2.52. The van der Waals surface area contributed by atoms with Crippen LogP contribution in [-0.4, -0.2) is 47.2 Å². The van der Waals surface area contributed by atoms with E-state index in [2.05, 4.69) is 25.3 Å². The van der Waals surface area contributed by atoms with Gasteiger partial charge in [-0.2, -0.15) is 0 Å².